The highest BCUT2D eigenvalue weighted by Gasteiger charge is 2.22. The lowest BCUT2D eigenvalue weighted by Gasteiger charge is -2.14. The van der Waals surface area contributed by atoms with Gasteiger partial charge < -0.3 is 15.2 Å². The molecule has 1 aromatic heterocycles. The van der Waals surface area contributed by atoms with E-state index in [2.05, 4.69) is 31.0 Å². The number of carboxylic acid groups (broad SMARTS) is 1. The van der Waals surface area contributed by atoms with Gasteiger partial charge in [-0.15, -0.1) is 0 Å². The van der Waals surface area contributed by atoms with E-state index in [1.54, 1.807) is 6.07 Å². The van der Waals surface area contributed by atoms with E-state index in [1.165, 1.54) is 19.4 Å². The molecule has 0 spiro atoms. The van der Waals surface area contributed by atoms with E-state index in [9.17, 15) is 14.4 Å². The van der Waals surface area contributed by atoms with E-state index in [0.717, 1.165) is 0 Å². The predicted octanol–water partition coefficient (Wildman–Crippen LogP) is 0.980. The van der Waals surface area contributed by atoms with Crippen LogP contribution in [0.25, 0.3) is 0 Å². The second kappa shape index (κ2) is 7.59. The van der Waals surface area contributed by atoms with Crippen LogP contribution in [0.4, 0.5) is 0 Å². The molecular weight excluding hydrogens is 332 g/mol. The van der Waals surface area contributed by atoms with Crippen LogP contribution in [0.5, 0.6) is 0 Å². The minimum Gasteiger partial charge on any atom is -0.480 e. The lowest BCUT2D eigenvalue weighted by atomic mass is 10.1. The van der Waals surface area contributed by atoms with Crippen molar-refractivity contribution in [2.75, 3.05) is 7.11 Å². The van der Waals surface area contributed by atoms with Crippen LogP contribution in [0.3, 0.4) is 0 Å². The van der Waals surface area contributed by atoms with Gasteiger partial charge in [0.2, 0.25) is 0 Å². The lowest BCUT2D eigenvalue weighted by molar-refractivity contribution is -0.142. The summed E-state index contributed by atoms with van der Waals surface area (Å²) >= 11 is 3.10. The Bertz CT molecular complexity index is 520. The van der Waals surface area contributed by atoms with Gasteiger partial charge in [-0.2, -0.15) is 0 Å². The van der Waals surface area contributed by atoms with Gasteiger partial charge in [-0.1, -0.05) is 0 Å². The molecule has 108 valence electrons. The Morgan fingerprint density at radius 1 is 1.50 bits per heavy atom. The molecule has 1 rings (SSSR count). The highest BCUT2D eigenvalue weighted by molar-refractivity contribution is 9.10. The van der Waals surface area contributed by atoms with E-state index in [0.29, 0.717) is 4.60 Å². The number of hydrogen-bond donors (Lipinski definition) is 2. The molecule has 1 atom stereocenters. The largest absolute Gasteiger partial charge is 0.480 e. The van der Waals surface area contributed by atoms with Gasteiger partial charge in [0.15, 0.2) is 0 Å². The Morgan fingerprint density at radius 3 is 2.75 bits per heavy atom. The maximum atomic E-state index is 11.9. The summed E-state index contributed by atoms with van der Waals surface area (Å²) in [6.45, 7) is 0. The second-order valence-corrected chi connectivity index (χ2v) is 4.57. The molecule has 0 aliphatic heterocycles. The topological polar surface area (TPSA) is 106 Å². The second-order valence-electron chi connectivity index (χ2n) is 3.82. The van der Waals surface area contributed by atoms with Crippen LogP contribution in [0.2, 0.25) is 0 Å². The first-order valence-corrected chi connectivity index (χ1v) is 6.46. The third kappa shape index (κ3) is 4.61. The molecule has 8 heteroatoms. The minimum absolute atomic E-state index is 0.0500. The average Bonchev–Trinajstić information content (AvgIpc) is 2.42. The number of aromatic nitrogens is 1. The Balaban J connectivity index is 2.71. The number of amides is 1. The van der Waals surface area contributed by atoms with Gasteiger partial charge in [0.05, 0.1) is 12.7 Å². The maximum Gasteiger partial charge on any atom is 0.326 e. The van der Waals surface area contributed by atoms with E-state index in [-0.39, 0.29) is 18.4 Å². The summed E-state index contributed by atoms with van der Waals surface area (Å²) in [5.41, 5.74) is 0.219. The van der Waals surface area contributed by atoms with E-state index < -0.39 is 23.9 Å². The first-order valence-electron chi connectivity index (χ1n) is 5.66. The molecule has 0 fully saturated rings. The van der Waals surface area contributed by atoms with E-state index in [1.807, 2.05) is 0 Å². The number of nitrogens with zero attached hydrogens (tertiary/aromatic N) is 1. The van der Waals surface area contributed by atoms with Crippen LogP contribution in [-0.2, 0) is 14.3 Å². The molecule has 0 bridgehead atoms. The molecule has 0 radical (unpaired) electrons. The van der Waals surface area contributed by atoms with Crippen LogP contribution in [0.15, 0.2) is 22.9 Å². The van der Waals surface area contributed by atoms with Crippen molar-refractivity contribution in [3.05, 3.63) is 28.5 Å². The fourth-order valence-corrected chi connectivity index (χ4v) is 1.84. The van der Waals surface area contributed by atoms with Crippen molar-refractivity contribution in [1.82, 2.24) is 10.3 Å². The Hall–Kier alpha value is -1.96. The molecule has 0 unspecified atom stereocenters. The SMILES string of the molecule is COC(=O)CC[C@@H](NC(=O)c1cccnc1Br)C(=O)O. The maximum absolute atomic E-state index is 11.9. The molecule has 1 amide bonds. The number of carboxylic acids is 1. The monoisotopic (exact) mass is 344 g/mol. The summed E-state index contributed by atoms with van der Waals surface area (Å²) in [5.74, 6) is -2.34. The number of ether oxygens (including phenoxy) is 1. The van der Waals surface area contributed by atoms with Crippen molar-refractivity contribution in [3.63, 3.8) is 0 Å². The number of rotatable bonds is 6. The molecule has 0 saturated carbocycles. The number of carbonyl (C=O) groups is 3. The fourth-order valence-electron chi connectivity index (χ4n) is 1.41. The molecule has 2 N–H and O–H groups in total. The minimum atomic E-state index is -1.22. The van der Waals surface area contributed by atoms with Gasteiger partial charge in [-0.25, -0.2) is 9.78 Å². The Kier molecular flexibility index (Phi) is 6.10. The number of carbonyl (C=O) groups excluding carboxylic acids is 2. The molecule has 1 heterocycles. The molecule has 0 aliphatic carbocycles. The zero-order valence-electron chi connectivity index (χ0n) is 10.6. The highest BCUT2D eigenvalue weighted by Crippen LogP contribution is 2.13. The average molecular weight is 345 g/mol. The van der Waals surface area contributed by atoms with Crippen molar-refractivity contribution in [1.29, 1.82) is 0 Å². The van der Waals surface area contributed by atoms with Gasteiger partial charge in [0, 0.05) is 12.6 Å². The van der Waals surface area contributed by atoms with Crippen molar-refractivity contribution in [2.24, 2.45) is 0 Å². The smallest absolute Gasteiger partial charge is 0.326 e. The molecular formula is C12H13BrN2O5. The number of aliphatic carboxylic acids is 1. The Morgan fingerprint density at radius 2 is 2.20 bits per heavy atom. The number of methoxy groups -OCH3 is 1. The van der Waals surface area contributed by atoms with Crippen LogP contribution >= 0.6 is 15.9 Å². The van der Waals surface area contributed by atoms with Gasteiger partial charge in [-0.05, 0) is 34.5 Å². The van der Waals surface area contributed by atoms with Crippen LogP contribution in [0.1, 0.15) is 23.2 Å². The van der Waals surface area contributed by atoms with Crippen molar-refractivity contribution in [2.45, 2.75) is 18.9 Å². The number of hydrogen-bond acceptors (Lipinski definition) is 5. The molecule has 1 aromatic rings. The lowest BCUT2D eigenvalue weighted by Crippen LogP contribution is -2.41. The summed E-state index contributed by atoms with van der Waals surface area (Å²) in [6, 6.07) is 1.89. The van der Waals surface area contributed by atoms with Gasteiger partial charge >= 0.3 is 11.9 Å². The van der Waals surface area contributed by atoms with Crippen molar-refractivity contribution in [3.8, 4) is 0 Å². The fraction of sp³-hybridized carbons (Fsp3) is 0.333. The molecule has 0 aromatic carbocycles. The highest BCUT2D eigenvalue weighted by atomic mass is 79.9. The van der Waals surface area contributed by atoms with Gasteiger partial charge in [0.1, 0.15) is 10.6 Å². The summed E-state index contributed by atoms with van der Waals surface area (Å²) in [5, 5.41) is 11.4. The number of esters is 1. The van der Waals surface area contributed by atoms with E-state index >= 15 is 0 Å². The van der Waals surface area contributed by atoms with Gasteiger partial charge in [-0.3, -0.25) is 9.59 Å². The normalized spacial score (nSPS) is 11.5. The summed E-state index contributed by atoms with van der Waals surface area (Å²) in [7, 11) is 1.21. The number of pyridine rings is 1. The quantitative estimate of drug-likeness (QED) is 0.588. The van der Waals surface area contributed by atoms with Crippen molar-refractivity contribution >= 4 is 33.8 Å². The van der Waals surface area contributed by atoms with Crippen LogP contribution in [-0.4, -0.2) is 41.1 Å². The third-order valence-corrected chi connectivity index (χ3v) is 3.10. The molecule has 7 nitrogen and oxygen atoms in total. The summed E-state index contributed by atoms with van der Waals surface area (Å²) < 4.78 is 4.74. The zero-order valence-corrected chi connectivity index (χ0v) is 12.2. The van der Waals surface area contributed by atoms with Crippen LogP contribution < -0.4 is 5.32 Å². The Labute approximate surface area is 123 Å². The molecule has 0 saturated heterocycles. The standard InChI is InChI=1S/C12H13BrN2O5/c1-20-9(16)5-4-8(12(18)19)15-11(17)7-3-2-6-14-10(7)13/h2-3,6,8H,4-5H2,1H3,(H,15,17)(H,18,19)/t8-/m1/s1. The van der Waals surface area contributed by atoms with Gasteiger partial charge in [0.25, 0.3) is 5.91 Å². The first-order chi connectivity index (χ1) is 9.45. The summed E-state index contributed by atoms with van der Waals surface area (Å²) in [4.78, 5) is 37.9. The number of halogens is 1. The first kappa shape index (κ1) is 16.1. The third-order valence-electron chi connectivity index (χ3n) is 2.47. The number of nitrogens with one attached hydrogen (secondary N) is 1. The van der Waals surface area contributed by atoms with Crippen molar-refractivity contribution < 1.29 is 24.2 Å². The van der Waals surface area contributed by atoms with E-state index in [4.69, 9.17) is 5.11 Å². The molecule has 0 aliphatic rings. The zero-order chi connectivity index (χ0) is 15.1. The summed E-state index contributed by atoms with van der Waals surface area (Å²) in [6.07, 6.45) is 1.35. The van der Waals surface area contributed by atoms with Crippen LogP contribution in [0, 0.1) is 0 Å². The molecule has 20 heavy (non-hydrogen) atoms. The predicted molar refractivity (Wildman–Crippen MR) is 72.1 cm³/mol.